The van der Waals surface area contributed by atoms with Crippen LogP contribution in [0, 0.1) is 0 Å². The van der Waals surface area contributed by atoms with Gasteiger partial charge in [-0.25, -0.2) is 0 Å². The Bertz CT molecular complexity index is 463. The normalized spacial score (nSPS) is 10.9. The molecular weight excluding hydrogens is 236 g/mol. The van der Waals surface area contributed by atoms with Gasteiger partial charge in [0.1, 0.15) is 5.82 Å². The van der Waals surface area contributed by atoms with E-state index in [4.69, 9.17) is 11.5 Å². The van der Waals surface area contributed by atoms with Crippen LogP contribution in [0.2, 0.25) is 0 Å². The fourth-order valence-electron chi connectivity index (χ4n) is 1.49. The maximum atomic E-state index is 5.51. The van der Waals surface area contributed by atoms with Crippen LogP contribution in [-0.2, 0) is 13.1 Å². The molecule has 0 aliphatic heterocycles. The van der Waals surface area contributed by atoms with Crippen LogP contribution in [0.3, 0.4) is 0 Å². The van der Waals surface area contributed by atoms with Gasteiger partial charge in [-0.15, -0.1) is 11.3 Å². The van der Waals surface area contributed by atoms with Crippen LogP contribution in [-0.4, -0.2) is 26.9 Å². The lowest BCUT2D eigenvalue weighted by atomic mass is 10.4. The topological polar surface area (TPSA) is 94.0 Å². The van der Waals surface area contributed by atoms with Crippen molar-refractivity contribution in [3.8, 4) is 0 Å². The molecule has 0 atom stereocenters. The Hall–Kier alpha value is -1.73. The third kappa shape index (κ3) is 3.36. The van der Waals surface area contributed by atoms with E-state index < -0.39 is 0 Å². The first kappa shape index (κ1) is 11.7. The number of nitrogens with two attached hydrogens (primary N) is 2. The van der Waals surface area contributed by atoms with E-state index in [2.05, 4.69) is 31.3 Å². The fourth-order valence-corrected chi connectivity index (χ4v) is 2.28. The molecule has 0 amide bonds. The summed E-state index contributed by atoms with van der Waals surface area (Å²) in [6.45, 7) is 1.44. The third-order valence-corrected chi connectivity index (χ3v) is 2.99. The smallest absolute Gasteiger partial charge is 0.225 e. The van der Waals surface area contributed by atoms with Gasteiger partial charge < -0.3 is 11.5 Å². The molecule has 0 aromatic carbocycles. The number of hydrogen-bond donors (Lipinski definition) is 2. The van der Waals surface area contributed by atoms with Crippen molar-refractivity contribution in [2.45, 2.75) is 13.1 Å². The van der Waals surface area contributed by atoms with Crippen molar-refractivity contribution in [3.05, 3.63) is 28.2 Å². The fraction of sp³-hybridized carbons (Fsp3) is 0.300. The molecule has 0 aliphatic carbocycles. The van der Waals surface area contributed by atoms with E-state index in [-0.39, 0.29) is 11.9 Å². The van der Waals surface area contributed by atoms with E-state index in [1.165, 1.54) is 4.88 Å². The summed E-state index contributed by atoms with van der Waals surface area (Å²) in [5, 5.41) is 2.06. The Morgan fingerprint density at radius 1 is 1.18 bits per heavy atom. The minimum absolute atomic E-state index is 0.164. The Morgan fingerprint density at radius 3 is 2.47 bits per heavy atom. The van der Waals surface area contributed by atoms with Gasteiger partial charge in [-0.1, -0.05) is 6.07 Å². The summed E-state index contributed by atoms with van der Waals surface area (Å²) in [4.78, 5) is 15.2. The average Bonchev–Trinajstić information content (AvgIpc) is 2.67. The first-order chi connectivity index (χ1) is 8.13. The molecule has 0 spiro atoms. The third-order valence-electron chi connectivity index (χ3n) is 2.13. The lowest BCUT2D eigenvalue weighted by Crippen LogP contribution is -2.19. The highest BCUT2D eigenvalue weighted by atomic mass is 32.1. The van der Waals surface area contributed by atoms with E-state index in [1.807, 2.05) is 13.1 Å². The van der Waals surface area contributed by atoms with E-state index in [9.17, 15) is 0 Å². The van der Waals surface area contributed by atoms with Crippen molar-refractivity contribution in [3.63, 3.8) is 0 Å². The number of thiophene rings is 1. The second-order valence-corrected chi connectivity index (χ2v) is 4.75. The minimum Gasteiger partial charge on any atom is -0.368 e. The van der Waals surface area contributed by atoms with Crippen LogP contribution >= 0.6 is 11.3 Å². The SMILES string of the molecule is CN(Cc1nc(N)nc(N)n1)Cc1cccs1. The van der Waals surface area contributed by atoms with Crippen LogP contribution in [0.15, 0.2) is 17.5 Å². The molecular formula is C10H14N6S. The Kier molecular flexibility index (Phi) is 3.50. The van der Waals surface area contributed by atoms with Gasteiger partial charge in [-0.05, 0) is 18.5 Å². The maximum Gasteiger partial charge on any atom is 0.225 e. The van der Waals surface area contributed by atoms with Crippen molar-refractivity contribution < 1.29 is 0 Å². The molecule has 2 aromatic rings. The lowest BCUT2D eigenvalue weighted by molar-refractivity contribution is 0.313. The van der Waals surface area contributed by atoms with E-state index in [1.54, 1.807) is 11.3 Å². The molecule has 7 heteroatoms. The summed E-state index contributed by atoms with van der Waals surface area (Å²) in [5.74, 6) is 0.920. The Balaban J connectivity index is 2.00. The zero-order chi connectivity index (χ0) is 12.3. The van der Waals surface area contributed by atoms with Gasteiger partial charge in [-0.3, -0.25) is 4.90 Å². The van der Waals surface area contributed by atoms with Crippen molar-refractivity contribution >= 4 is 23.2 Å². The highest BCUT2D eigenvalue weighted by Gasteiger charge is 2.06. The van der Waals surface area contributed by atoms with Crippen LogP contribution in [0.5, 0.6) is 0 Å². The largest absolute Gasteiger partial charge is 0.368 e. The molecule has 2 aromatic heterocycles. The Morgan fingerprint density at radius 2 is 1.88 bits per heavy atom. The number of rotatable bonds is 4. The average molecular weight is 250 g/mol. The molecule has 0 radical (unpaired) electrons. The predicted octanol–water partition coefficient (Wildman–Crippen LogP) is 0.730. The Labute approximate surface area is 103 Å². The summed E-state index contributed by atoms with van der Waals surface area (Å²) in [5.41, 5.74) is 11.0. The molecule has 0 unspecified atom stereocenters. The van der Waals surface area contributed by atoms with Gasteiger partial charge in [0.05, 0.1) is 6.54 Å². The highest BCUT2D eigenvalue weighted by molar-refractivity contribution is 7.09. The van der Waals surface area contributed by atoms with Crippen LogP contribution in [0.1, 0.15) is 10.7 Å². The molecule has 17 heavy (non-hydrogen) atoms. The molecule has 0 saturated heterocycles. The van der Waals surface area contributed by atoms with E-state index >= 15 is 0 Å². The molecule has 2 heterocycles. The quantitative estimate of drug-likeness (QED) is 0.830. The lowest BCUT2D eigenvalue weighted by Gasteiger charge is -2.14. The van der Waals surface area contributed by atoms with Crippen molar-refractivity contribution in [1.29, 1.82) is 0 Å². The van der Waals surface area contributed by atoms with E-state index in [0.717, 1.165) is 6.54 Å². The molecule has 0 saturated carbocycles. The highest BCUT2D eigenvalue weighted by Crippen LogP contribution is 2.12. The van der Waals surface area contributed by atoms with Gasteiger partial charge in [0, 0.05) is 11.4 Å². The molecule has 0 aliphatic rings. The number of nitrogens with zero attached hydrogens (tertiary/aromatic N) is 4. The maximum absolute atomic E-state index is 5.51. The van der Waals surface area contributed by atoms with Crippen molar-refractivity contribution in [1.82, 2.24) is 19.9 Å². The van der Waals surface area contributed by atoms with Gasteiger partial charge in [0.15, 0.2) is 0 Å². The standard InChI is InChI=1S/C10H14N6S/c1-16(5-7-3-2-4-17-7)6-8-13-9(11)15-10(12)14-8/h2-4H,5-6H2,1H3,(H4,11,12,13,14,15). The molecule has 6 nitrogen and oxygen atoms in total. The van der Waals surface area contributed by atoms with Crippen LogP contribution < -0.4 is 11.5 Å². The van der Waals surface area contributed by atoms with Crippen LogP contribution in [0.4, 0.5) is 11.9 Å². The predicted molar refractivity (Wildman–Crippen MR) is 68.1 cm³/mol. The van der Waals surface area contributed by atoms with Gasteiger partial charge >= 0.3 is 0 Å². The monoisotopic (exact) mass is 250 g/mol. The number of nitrogen functional groups attached to an aromatic ring is 2. The second kappa shape index (κ2) is 5.07. The number of hydrogen-bond acceptors (Lipinski definition) is 7. The molecule has 90 valence electrons. The summed E-state index contributed by atoms with van der Waals surface area (Å²) in [6.07, 6.45) is 0. The number of aromatic nitrogens is 3. The first-order valence-electron chi connectivity index (χ1n) is 5.10. The molecule has 4 N–H and O–H groups in total. The second-order valence-electron chi connectivity index (χ2n) is 3.72. The molecule has 2 rings (SSSR count). The van der Waals surface area contributed by atoms with Gasteiger partial charge in [0.25, 0.3) is 0 Å². The summed E-state index contributed by atoms with van der Waals surface area (Å²) >= 11 is 1.72. The van der Waals surface area contributed by atoms with Crippen molar-refractivity contribution in [2.75, 3.05) is 18.5 Å². The van der Waals surface area contributed by atoms with Crippen LogP contribution in [0.25, 0.3) is 0 Å². The zero-order valence-corrected chi connectivity index (χ0v) is 10.3. The van der Waals surface area contributed by atoms with Crippen molar-refractivity contribution in [2.24, 2.45) is 0 Å². The summed E-state index contributed by atoms with van der Waals surface area (Å²) in [6, 6.07) is 4.13. The van der Waals surface area contributed by atoms with E-state index in [0.29, 0.717) is 12.4 Å². The summed E-state index contributed by atoms with van der Waals surface area (Å²) < 4.78 is 0. The molecule has 0 bridgehead atoms. The van der Waals surface area contributed by atoms with Gasteiger partial charge in [0.2, 0.25) is 11.9 Å². The first-order valence-corrected chi connectivity index (χ1v) is 5.98. The minimum atomic E-state index is 0.164. The van der Waals surface area contributed by atoms with Gasteiger partial charge in [-0.2, -0.15) is 15.0 Å². The summed E-state index contributed by atoms with van der Waals surface area (Å²) in [7, 11) is 2.00. The molecule has 0 fully saturated rings. The zero-order valence-electron chi connectivity index (χ0n) is 9.50. The number of anilines is 2.